The van der Waals surface area contributed by atoms with Crippen molar-refractivity contribution in [3.63, 3.8) is 0 Å². The Morgan fingerprint density at radius 1 is 0.875 bits per heavy atom. The minimum atomic E-state index is -3.73. The predicted molar refractivity (Wildman–Crippen MR) is 125 cm³/mol. The summed E-state index contributed by atoms with van der Waals surface area (Å²) in [6.45, 7) is 1.74. The van der Waals surface area contributed by atoms with Gasteiger partial charge in [0.1, 0.15) is 5.69 Å². The molecule has 1 heterocycles. The number of carbonyl (C=O) groups excluding carboxylic acids is 1. The first-order valence-corrected chi connectivity index (χ1v) is 11.3. The van der Waals surface area contributed by atoms with E-state index in [1.54, 1.807) is 67.6 Å². The van der Waals surface area contributed by atoms with Crippen LogP contribution in [0.4, 0.5) is 5.69 Å². The molecule has 7 nitrogen and oxygen atoms in total. The first-order chi connectivity index (χ1) is 15.4. The Morgan fingerprint density at radius 3 is 2.31 bits per heavy atom. The Labute approximate surface area is 185 Å². The zero-order chi connectivity index (χ0) is 22.6. The summed E-state index contributed by atoms with van der Waals surface area (Å²) in [6, 6.07) is 24.4. The van der Waals surface area contributed by atoms with Crippen LogP contribution >= 0.6 is 0 Å². The van der Waals surface area contributed by atoms with Crippen LogP contribution in [0.25, 0.3) is 10.8 Å². The lowest BCUT2D eigenvalue weighted by Gasteiger charge is -2.10. The van der Waals surface area contributed by atoms with E-state index in [-0.39, 0.29) is 10.6 Å². The maximum absolute atomic E-state index is 12.8. The number of benzene rings is 3. The Hall–Kier alpha value is -4.04. The minimum absolute atomic E-state index is 0.190. The highest BCUT2D eigenvalue weighted by atomic mass is 32.2. The van der Waals surface area contributed by atoms with Crippen molar-refractivity contribution in [1.29, 1.82) is 0 Å². The number of amides is 1. The number of anilines is 1. The van der Waals surface area contributed by atoms with E-state index in [1.807, 2.05) is 24.3 Å². The summed E-state index contributed by atoms with van der Waals surface area (Å²) in [7, 11) is -3.73. The van der Waals surface area contributed by atoms with Gasteiger partial charge in [0.2, 0.25) is 0 Å². The van der Waals surface area contributed by atoms with Crippen molar-refractivity contribution >= 4 is 38.1 Å². The molecule has 0 aliphatic heterocycles. The molecule has 0 aliphatic carbocycles. The zero-order valence-corrected chi connectivity index (χ0v) is 18.0. The van der Waals surface area contributed by atoms with Gasteiger partial charge in [-0.1, -0.05) is 48.5 Å². The summed E-state index contributed by atoms with van der Waals surface area (Å²) in [5, 5.41) is 5.91. The van der Waals surface area contributed by atoms with E-state index < -0.39 is 15.9 Å². The smallest absolute Gasteiger partial charge is 0.280 e. The van der Waals surface area contributed by atoms with Gasteiger partial charge in [0.25, 0.3) is 15.9 Å². The second-order valence-corrected chi connectivity index (χ2v) is 8.73. The van der Waals surface area contributed by atoms with Crippen molar-refractivity contribution in [1.82, 2.24) is 10.4 Å². The van der Waals surface area contributed by atoms with E-state index in [2.05, 4.69) is 20.2 Å². The molecule has 0 fully saturated rings. The molecule has 0 radical (unpaired) electrons. The molecule has 32 heavy (non-hydrogen) atoms. The fourth-order valence-corrected chi connectivity index (χ4v) is 4.18. The van der Waals surface area contributed by atoms with E-state index >= 15 is 0 Å². The second-order valence-electron chi connectivity index (χ2n) is 7.04. The third kappa shape index (κ3) is 4.81. The van der Waals surface area contributed by atoms with Gasteiger partial charge in [-0.2, -0.15) is 5.10 Å². The molecule has 0 aliphatic rings. The number of aromatic nitrogens is 1. The molecule has 4 aromatic rings. The normalized spacial score (nSPS) is 11.8. The lowest BCUT2D eigenvalue weighted by atomic mass is 10.1. The van der Waals surface area contributed by atoms with Crippen LogP contribution in [0.2, 0.25) is 0 Å². The van der Waals surface area contributed by atoms with Gasteiger partial charge in [-0.15, -0.1) is 0 Å². The number of sulfonamides is 1. The molecule has 0 atom stereocenters. The molecule has 0 bridgehead atoms. The van der Waals surface area contributed by atoms with Crippen molar-refractivity contribution in [2.24, 2.45) is 5.10 Å². The molecule has 1 amide bonds. The average molecular weight is 445 g/mol. The van der Waals surface area contributed by atoms with Gasteiger partial charge in [-0.05, 0) is 59.7 Å². The number of fused-ring (bicyclic) bond motifs is 1. The quantitative estimate of drug-likeness (QED) is 0.344. The second kappa shape index (κ2) is 8.99. The number of hydrazone groups is 1. The molecule has 0 unspecified atom stereocenters. The van der Waals surface area contributed by atoms with Crippen molar-refractivity contribution in [3.8, 4) is 0 Å². The molecule has 8 heteroatoms. The summed E-state index contributed by atoms with van der Waals surface area (Å²) in [5.41, 5.74) is 4.45. The zero-order valence-electron chi connectivity index (χ0n) is 17.2. The molecule has 0 saturated carbocycles. The third-order valence-corrected chi connectivity index (χ3v) is 6.19. The molecule has 3 aromatic carbocycles. The topological polar surface area (TPSA) is 101 Å². The van der Waals surface area contributed by atoms with Gasteiger partial charge in [0.15, 0.2) is 0 Å². The first kappa shape index (κ1) is 21.2. The third-order valence-electron chi connectivity index (χ3n) is 4.81. The van der Waals surface area contributed by atoms with E-state index in [4.69, 9.17) is 0 Å². The van der Waals surface area contributed by atoms with Gasteiger partial charge in [0, 0.05) is 11.9 Å². The standard InChI is InChI=1S/C24H20N4O3S/c1-17(26-27-24(29)23-8-4-5-15-25-23)18-9-12-21(13-10-18)28-32(30,31)22-14-11-19-6-2-3-7-20(19)16-22/h2-16,28H,1H3,(H,27,29)/b26-17-. The van der Waals surface area contributed by atoms with Crippen LogP contribution in [0.1, 0.15) is 23.0 Å². The van der Waals surface area contributed by atoms with Crippen LogP contribution in [-0.4, -0.2) is 25.0 Å². The Balaban J connectivity index is 1.46. The summed E-state index contributed by atoms with van der Waals surface area (Å²) in [4.78, 5) is 16.2. The highest BCUT2D eigenvalue weighted by Gasteiger charge is 2.15. The number of hydrogen-bond acceptors (Lipinski definition) is 5. The lowest BCUT2D eigenvalue weighted by molar-refractivity contribution is 0.0950. The van der Waals surface area contributed by atoms with E-state index in [9.17, 15) is 13.2 Å². The first-order valence-electron chi connectivity index (χ1n) is 9.80. The van der Waals surface area contributed by atoms with Gasteiger partial charge >= 0.3 is 0 Å². The molecule has 0 saturated heterocycles. The highest BCUT2D eigenvalue weighted by Crippen LogP contribution is 2.21. The van der Waals surface area contributed by atoms with E-state index in [0.717, 1.165) is 16.3 Å². The maximum atomic E-state index is 12.8. The number of rotatable bonds is 6. The molecule has 4 rings (SSSR count). The van der Waals surface area contributed by atoms with Gasteiger partial charge in [-0.25, -0.2) is 13.8 Å². The molecule has 2 N–H and O–H groups in total. The summed E-state index contributed by atoms with van der Waals surface area (Å²) in [5.74, 6) is -0.412. The molecule has 160 valence electrons. The number of carbonyl (C=O) groups is 1. The van der Waals surface area contributed by atoms with Crippen LogP contribution < -0.4 is 10.1 Å². The van der Waals surface area contributed by atoms with Crippen molar-refractivity contribution in [2.45, 2.75) is 11.8 Å². The molecular weight excluding hydrogens is 424 g/mol. The van der Waals surface area contributed by atoms with Crippen LogP contribution in [0.3, 0.4) is 0 Å². The minimum Gasteiger partial charge on any atom is -0.280 e. The van der Waals surface area contributed by atoms with Crippen molar-refractivity contribution in [3.05, 3.63) is 102 Å². The predicted octanol–water partition coefficient (Wildman–Crippen LogP) is 4.19. The Morgan fingerprint density at radius 2 is 1.59 bits per heavy atom. The highest BCUT2D eigenvalue weighted by molar-refractivity contribution is 7.92. The molecule has 1 aromatic heterocycles. The fourth-order valence-electron chi connectivity index (χ4n) is 3.08. The SMILES string of the molecule is C/C(=N/NC(=O)c1ccccn1)c1ccc(NS(=O)(=O)c2ccc3ccccc3c2)cc1. The van der Waals surface area contributed by atoms with Crippen molar-refractivity contribution in [2.75, 3.05) is 4.72 Å². The van der Waals surface area contributed by atoms with Crippen LogP contribution in [-0.2, 0) is 10.0 Å². The summed E-state index contributed by atoms with van der Waals surface area (Å²) < 4.78 is 28.2. The Kier molecular flexibility index (Phi) is 5.96. The van der Waals surface area contributed by atoms with Gasteiger partial charge < -0.3 is 0 Å². The number of hydrogen-bond donors (Lipinski definition) is 2. The fraction of sp³-hybridized carbons (Fsp3) is 0.0417. The largest absolute Gasteiger partial charge is 0.289 e. The molecule has 0 spiro atoms. The lowest BCUT2D eigenvalue weighted by Crippen LogP contribution is -2.20. The van der Waals surface area contributed by atoms with Crippen LogP contribution in [0, 0.1) is 0 Å². The van der Waals surface area contributed by atoms with E-state index in [1.165, 1.54) is 6.20 Å². The number of pyridine rings is 1. The van der Waals surface area contributed by atoms with Crippen LogP contribution in [0.5, 0.6) is 0 Å². The van der Waals surface area contributed by atoms with Crippen molar-refractivity contribution < 1.29 is 13.2 Å². The number of nitrogens with zero attached hydrogens (tertiary/aromatic N) is 2. The van der Waals surface area contributed by atoms with E-state index in [0.29, 0.717) is 11.4 Å². The van der Waals surface area contributed by atoms with Crippen LogP contribution in [0.15, 0.2) is 101 Å². The van der Waals surface area contributed by atoms with Gasteiger partial charge in [0.05, 0.1) is 10.6 Å². The van der Waals surface area contributed by atoms with Gasteiger partial charge in [-0.3, -0.25) is 14.5 Å². The maximum Gasteiger partial charge on any atom is 0.289 e. The molecular formula is C24H20N4O3S. The average Bonchev–Trinajstić information content (AvgIpc) is 2.82. The number of nitrogens with one attached hydrogen (secondary N) is 2. The Bertz CT molecular complexity index is 1400. The summed E-state index contributed by atoms with van der Waals surface area (Å²) in [6.07, 6.45) is 1.53. The monoisotopic (exact) mass is 444 g/mol. The summed E-state index contributed by atoms with van der Waals surface area (Å²) >= 11 is 0.